The lowest BCUT2D eigenvalue weighted by Crippen LogP contribution is -2.33. The van der Waals surface area contributed by atoms with E-state index in [1.807, 2.05) is 13.8 Å². The predicted octanol–water partition coefficient (Wildman–Crippen LogP) is 3.21. The van der Waals surface area contributed by atoms with Crippen molar-refractivity contribution in [3.05, 3.63) is 16.5 Å². The van der Waals surface area contributed by atoms with Crippen LogP contribution in [0.2, 0.25) is 5.15 Å². The van der Waals surface area contributed by atoms with E-state index >= 15 is 0 Å². The maximum Gasteiger partial charge on any atom is 0.138 e. The van der Waals surface area contributed by atoms with Crippen LogP contribution in [0.1, 0.15) is 45.0 Å². The summed E-state index contributed by atoms with van der Waals surface area (Å²) in [6.07, 6.45) is 2.66. The Morgan fingerprint density at radius 3 is 2.50 bits per heavy atom. The van der Waals surface area contributed by atoms with Crippen LogP contribution in [0, 0.1) is 18.3 Å². The van der Waals surface area contributed by atoms with E-state index in [0.717, 1.165) is 37.2 Å². The fourth-order valence-corrected chi connectivity index (χ4v) is 3.07. The fraction of sp³-hybridized carbons (Fsp3) is 0.733. The Labute approximate surface area is 126 Å². The van der Waals surface area contributed by atoms with Gasteiger partial charge < -0.3 is 10.4 Å². The van der Waals surface area contributed by atoms with Crippen LogP contribution in [0.4, 0.5) is 5.82 Å². The molecule has 1 fully saturated rings. The van der Waals surface area contributed by atoms with Crippen molar-refractivity contribution in [1.82, 2.24) is 9.97 Å². The summed E-state index contributed by atoms with van der Waals surface area (Å²) in [7, 11) is 0. The number of hydrogen-bond acceptors (Lipinski definition) is 4. The van der Waals surface area contributed by atoms with Crippen molar-refractivity contribution in [3.63, 3.8) is 0 Å². The molecule has 1 aliphatic rings. The maximum absolute atomic E-state index is 10.3. The zero-order valence-electron chi connectivity index (χ0n) is 12.7. The summed E-state index contributed by atoms with van der Waals surface area (Å²) in [5.74, 6) is 1.76. The fourth-order valence-electron chi connectivity index (χ4n) is 2.73. The number of halogens is 1. The molecule has 5 heteroatoms. The van der Waals surface area contributed by atoms with Gasteiger partial charge in [-0.2, -0.15) is 0 Å². The number of aliphatic hydroxyl groups excluding tert-OH is 1. The normalized spacial score (nSPS) is 18.1. The van der Waals surface area contributed by atoms with Crippen molar-refractivity contribution < 1.29 is 5.11 Å². The van der Waals surface area contributed by atoms with Gasteiger partial charge in [0.15, 0.2) is 0 Å². The van der Waals surface area contributed by atoms with E-state index in [9.17, 15) is 5.11 Å². The number of nitrogens with one attached hydrogen (secondary N) is 1. The van der Waals surface area contributed by atoms with Crippen LogP contribution >= 0.6 is 11.6 Å². The molecule has 0 bridgehead atoms. The Hall–Kier alpha value is -0.870. The largest absolute Gasteiger partial charge is 0.392 e. The topological polar surface area (TPSA) is 58.0 Å². The van der Waals surface area contributed by atoms with Crippen LogP contribution in [0.15, 0.2) is 0 Å². The minimum atomic E-state index is -0.265. The Bertz CT molecular complexity index is 486. The van der Waals surface area contributed by atoms with E-state index < -0.39 is 0 Å². The van der Waals surface area contributed by atoms with Crippen LogP contribution in [0.5, 0.6) is 0 Å². The van der Waals surface area contributed by atoms with Crippen molar-refractivity contribution in [2.24, 2.45) is 11.3 Å². The average Bonchev–Trinajstić information content (AvgIpc) is 3.16. The minimum absolute atomic E-state index is 0.00447. The standard InChI is InChI=1S/C15H24ClN3O/c1-5-11-13(16)18-10(4)19-14(11)17-8-15(6-7-15)12(20)9(2)3/h9,12,20H,5-8H2,1-4H3,(H,17,18,19)/t12-/m1/s1. The SMILES string of the molecule is CCc1c(Cl)nc(C)nc1NCC1([C@H](O)C(C)C)CC1. The van der Waals surface area contributed by atoms with Gasteiger partial charge in [-0.25, -0.2) is 9.97 Å². The lowest BCUT2D eigenvalue weighted by atomic mass is 9.90. The predicted molar refractivity (Wildman–Crippen MR) is 82.2 cm³/mol. The molecule has 0 unspecified atom stereocenters. The Balaban J connectivity index is 2.12. The average molecular weight is 298 g/mol. The molecule has 0 radical (unpaired) electrons. The number of rotatable bonds is 6. The number of aryl methyl sites for hydroxylation is 1. The summed E-state index contributed by atoms with van der Waals surface area (Å²) in [5, 5.41) is 14.2. The van der Waals surface area contributed by atoms with Crippen molar-refractivity contribution in [3.8, 4) is 0 Å². The zero-order chi connectivity index (χ0) is 14.9. The lowest BCUT2D eigenvalue weighted by molar-refractivity contribution is 0.0566. The second-order valence-corrected chi connectivity index (χ2v) is 6.51. The molecule has 1 aromatic rings. The van der Waals surface area contributed by atoms with Gasteiger partial charge in [-0.3, -0.25) is 0 Å². The first kappa shape index (κ1) is 15.5. The molecule has 0 saturated heterocycles. The van der Waals surface area contributed by atoms with Gasteiger partial charge in [0.2, 0.25) is 0 Å². The molecule has 0 aromatic carbocycles. The molecule has 4 nitrogen and oxygen atoms in total. The van der Waals surface area contributed by atoms with Crippen LogP contribution in [-0.4, -0.2) is 27.7 Å². The van der Waals surface area contributed by atoms with Crippen molar-refractivity contribution in [1.29, 1.82) is 0 Å². The Kier molecular flexibility index (Phi) is 4.55. The molecule has 0 aliphatic heterocycles. The van der Waals surface area contributed by atoms with Gasteiger partial charge in [0.25, 0.3) is 0 Å². The summed E-state index contributed by atoms with van der Waals surface area (Å²) >= 11 is 6.17. The summed E-state index contributed by atoms with van der Waals surface area (Å²) < 4.78 is 0. The highest BCUT2D eigenvalue weighted by Gasteiger charge is 2.49. The molecular formula is C15H24ClN3O. The van der Waals surface area contributed by atoms with Gasteiger partial charge in [-0.15, -0.1) is 0 Å². The molecule has 20 heavy (non-hydrogen) atoms. The highest BCUT2D eigenvalue weighted by atomic mass is 35.5. The molecule has 2 N–H and O–H groups in total. The van der Waals surface area contributed by atoms with E-state index in [-0.39, 0.29) is 17.4 Å². The van der Waals surface area contributed by atoms with Crippen LogP contribution in [0.25, 0.3) is 0 Å². The maximum atomic E-state index is 10.3. The molecule has 1 atom stereocenters. The van der Waals surface area contributed by atoms with E-state index in [4.69, 9.17) is 11.6 Å². The zero-order valence-corrected chi connectivity index (χ0v) is 13.5. The quantitative estimate of drug-likeness (QED) is 0.792. The highest BCUT2D eigenvalue weighted by Crippen LogP contribution is 2.50. The van der Waals surface area contributed by atoms with Gasteiger partial charge in [-0.05, 0) is 32.1 Å². The highest BCUT2D eigenvalue weighted by molar-refractivity contribution is 6.30. The van der Waals surface area contributed by atoms with Gasteiger partial charge in [0.05, 0.1) is 6.10 Å². The molecule has 0 amide bonds. The van der Waals surface area contributed by atoms with Gasteiger partial charge >= 0.3 is 0 Å². The number of aromatic nitrogens is 2. The molecule has 112 valence electrons. The van der Waals surface area contributed by atoms with Gasteiger partial charge in [-0.1, -0.05) is 32.4 Å². The molecule has 2 rings (SSSR count). The molecule has 1 aliphatic carbocycles. The van der Waals surface area contributed by atoms with Crippen molar-refractivity contribution in [2.75, 3.05) is 11.9 Å². The number of hydrogen-bond donors (Lipinski definition) is 2. The first-order valence-corrected chi connectivity index (χ1v) is 7.72. The third-order valence-corrected chi connectivity index (χ3v) is 4.49. The first-order valence-electron chi connectivity index (χ1n) is 7.34. The number of nitrogens with zero attached hydrogens (tertiary/aromatic N) is 2. The number of anilines is 1. The van der Waals surface area contributed by atoms with Crippen molar-refractivity contribution in [2.45, 2.75) is 53.1 Å². The van der Waals surface area contributed by atoms with E-state index in [2.05, 4.69) is 29.1 Å². The van der Waals surface area contributed by atoms with E-state index in [1.165, 1.54) is 0 Å². The Morgan fingerprint density at radius 1 is 1.35 bits per heavy atom. The number of aliphatic hydroxyl groups is 1. The van der Waals surface area contributed by atoms with Gasteiger partial charge in [0.1, 0.15) is 16.8 Å². The molecule has 0 spiro atoms. The minimum Gasteiger partial charge on any atom is -0.392 e. The van der Waals surface area contributed by atoms with Crippen LogP contribution in [-0.2, 0) is 6.42 Å². The van der Waals surface area contributed by atoms with E-state index in [0.29, 0.717) is 11.0 Å². The molecular weight excluding hydrogens is 274 g/mol. The van der Waals surface area contributed by atoms with Gasteiger partial charge in [0, 0.05) is 17.5 Å². The third-order valence-electron chi connectivity index (χ3n) is 4.18. The lowest BCUT2D eigenvalue weighted by Gasteiger charge is -2.26. The Morgan fingerprint density at radius 2 is 2.00 bits per heavy atom. The summed E-state index contributed by atoms with van der Waals surface area (Å²) in [6, 6.07) is 0. The first-order chi connectivity index (χ1) is 9.39. The second-order valence-electron chi connectivity index (χ2n) is 6.15. The molecule has 1 aromatic heterocycles. The third kappa shape index (κ3) is 3.07. The molecule has 1 heterocycles. The second kappa shape index (κ2) is 5.86. The van der Waals surface area contributed by atoms with Crippen LogP contribution in [0.3, 0.4) is 0 Å². The molecule has 1 saturated carbocycles. The summed E-state index contributed by atoms with van der Waals surface area (Å²) in [5.41, 5.74) is 0.955. The summed E-state index contributed by atoms with van der Waals surface area (Å²) in [6.45, 7) is 8.75. The summed E-state index contributed by atoms with van der Waals surface area (Å²) in [4.78, 5) is 8.64. The van der Waals surface area contributed by atoms with E-state index in [1.54, 1.807) is 0 Å². The monoisotopic (exact) mass is 297 g/mol. The van der Waals surface area contributed by atoms with Crippen LogP contribution < -0.4 is 5.32 Å². The smallest absolute Gasteiger partial charge is 0.138 e. The van der Waals surface area contributed by atoms with Crippen molar-refractivity contribution >= 4 is 17.4 Å².